The van der Waals surface area contributed by atoms with E-state index in [9.17, 15) is 4.79 Å². The molecule has 1 aromatic heterocycles. The Labute approximate surface area is 206 Å². The topological polar surface area (TPSA) is 103 Å². The standard InChI is InChI=1S/C27H34N6O2/c1-31-15-17-32(18-16-31)20-9-11-21(12-10-20)33-26(28)24(27(29)34)25(30-33)19-7-13-23(14-8-19)35-22-5-3-2-4-6-22/h2-8,13-14,20-21H,9-12,15-18,28H2,1H3,(H2,29,34). The van der Waals surface area contributed by atoms with Crippen LogP contribution in [-0.2, 0) is 0 Å². The predicted octanol–water partition coefficient (Wildman–Crippen LogP) is 3.75. The molecule has 0 radical (unpaired) electrons. The van der Waals surface area contributed by atoms with Gasteiger partial charge in [-0.25, -0.2) is 4.68 Å². The van der Waals surface area contributed by atoms with Crippen LogP contribution in [0.5, 0.6) is 11.5 Å². The molecule has 3 aromatic rings. The maximum Gasteiger partial charge on any atom is 0.254 e. The number of carbonyl (C=O) groups is 1. The molecule has 2 heterocycles. The Hall–Kier alpha value is -3.36. The Kier molecular flexibility index (Phi) is 6.74. The highest BCUT2D eigenvalue weighted by Crippen LogP contribution is 2.36. The first kappa shape index (κ1) is 23.4. The van der Waals surface area contributed by atoms with Crippen molar-refractivity contribution in [2.75, 3.05) is 39.0 Å². The van der Waals surface area contributed by atoms with Crippen LogP contribution in [-0.4, -0.2) is 64.8 Å². The molecule has 5 rings (SSSR count). The molecule has 2 aliphatic rings. The van der Waals surface area contributed by atoms with E-state index in [-0.39, 0.29) is 6.04 Å². The zero-order valence-electron chi connectivity index (χ0n) is 20.3. The molecular formula is C27H34N6O2. The van der Waals surface area contributed by atoms with Crippen molar-refractivity contribution < 1.29 is 9.53 Å². The lowest BCUT2D eigenvalue weighted by molar-refractivity contribution is 0.0813. The molecule has 8 heteroatoms. The van der Waals surface area contributed by atoms with E-state index >= 15 is 0 Å². The monoisotopic (exact) mass is 474 g/mol. The fourth-order valence-electron chi connectivity index (χ4n) is 5.33. The Morgan fingerprint density at radius 1 is 0.886 bits per heavy atom. The van der Waals surface area contributed by atoms with Crippen molar-refractivity contribution in [1.29, 1.82) is 0 Å². The van der Waals surface area contributed by atoms with Gasteiger partial charge in [-0.3, -0.25) is 9.69 Å². The van der Waals surface area contributed by atoms with E-state index in [4.69, 9.17) is 21.3 Å². The molecule has 2 aromatic carbocycles. The minimum Gasteiger partial charge on any atom is -0.457 e. The van der Waals surface area contributed by atoms with E-state index in [1.165, 1.54) is 0 Å². The van der Waals surface area contributed by atoms with Gasteiger partial charge in [0.05, 0.1) is 6.04 Å². The van der Waals surface area contributed by atoms with Gasteiger partial charge in [-0.2, -0.15) is 5.10 Å². The summed E-state index contributed by atoms with van der Waals surface area (Å²) in [5, 5.41) is 4.82. The largest absolute Gasteiger partial charge is 0.457 e. The summed E-state index contributed by atoms with van der Waals surface area (Å²) in [6.07, 6.45) is 4.20. The molecule has 1 aliphatic carbocycles. The zero-order chi connectivity index (χ0) is 24.4. The summed E-state index contributed by atoms with van der Waals surface area (Å²) >= 11 is 0. The van der Waals surface area contributed by atoms with Crippen LogP contribution in [0.3, 0.4) is 0 Å². The number of nitrogens with zero attached hydrogens (tertiary/aromatic N) is 4. The maximum atomic E-state index is 12.4. The Balaban J connectivity index is 1.32. The van der Waals surface area contributed by atoms with E-state index in [0.29, 0.717) is 28.9 Å². The summed E-state index contributed by atoms with van der Waals surface area (Å²) in [7, 11) is 2.19. The summed E-state index contributed by atoms with van der Waals surface area (Å²) in [4.78, 5) is 17.4. The second-order valence-corrected chi connectivity index (χ2v) is 9.66. The number of nitrogen functional groups attached to an aromatic ring is 1. The van der Waals surface area contributed by atoms with Gasteiger partial charge in [-0.15, -0.1) is 0 Å². The smallest absolute Gasteiger partial charge is 0.254 e. The normalized spacial score (nSPS) is 21.6. The highest BCUT2D eigenvalue weighted by Gasteiger charge is 2.31. The van der Waals surface area contributed by atoms with Gasteiger partial charge in [0.1, 0.15) is 28.6 Å². The molecule has 8 nitrogen and oxygen atoms in total. The minimum atomic E-state index is -0.556. The first-order chi connectivity index (χ1) is 17.0. The Morgan fingerprint density at radius 3 is 2.11 bits per heavy atom. The highest BCUT2D eigenvalue weighted by atomic mass is 16.5. The lowest BCUT2D eigenvalue weighted by Crippen LogP contribution is -2.50. The molecule has 1 saturated heterocycles. The molecule has 1 aliphatic heterocycles. The molecule has 0 bridgehead atoms. The number of nitrogens with two attached hydrogens (primary N) is 2. The van der Waals surface area contributed by atoms with Crippen LogP contribution in [0.25, 0.3) is 11.3 Å². The van der Waals surface area contributed by atoms with Crippen LogP contribution in [0, 0.1) is 0 Å². The second kappa shape index (κ2) is 10.1. The van der Waals surface area contributed by atoms with Gasteiger partial charge in [0.2, 0.25) is 0 Å². The average Bonchev–Trinajstić information content (AvgIpc) is 3.23. The summed E-state index contributed by atoms with van der Waals surface area (Å²) in [5.41, 5.74) is 13.8. The first-order valence-corrected chi connectivity index (χ1v) is 12.4. The highest BCUT2D eigenvalue weighted by molar-refractivity contribution is 6.03. The number of carbonyl (C=O) groups excluding carboxylic acids is 1. The van der Waals surface area contributed by atoms with Crippen LogP contribution < -0.4 is 16.2 Å². The lowest BCUT2D eigenvalue weighted by Gasteiger charge is -2.41. The van der Waals surface area contributed by atoms with Crippen molar-refractivity contribution in [2.45, 2.75) is 37.8 Å². The number of piperazine rings is 1. The predicted molar refractivity (Wildman–Crippen MR) is 137 cm³/mol. The van der Waals surface area contributed by atoms with E-state index in [1.807, 2.05) is 59.3 Å². The van der Waals surface area contributed by atoms with Crippen molar-refractivity contribution in [1.82, 2.24) is 19.6 Å². The molecule has 0 unspecified atom stereocenters. The average molecular weight is 475 g/mol. The summed E-state index contributed by atoms with van der Waals surface area (Å²) < 4.78 is 7.73. The number of amides is 1. The first-order valence-electron chi connectivity index (χ1n) is 12.4. The molecular weight excluding hydrogens is 440 g/mol. The molecule has 1 amide bonds. The number of likely N-dealkylation sites (N-methyl/N-ethyl adjacent to an activating group) is 1. The van der Waals surface area contributed by atoms with Crippen molar-refractivity contribution in [3.63, 3.8) is 0 Å². The van der Waals surface area contributed by atoms with E-state index in [2.05, 4.69) is 16.8 Å². The van der Waals surface area contributed by atoms with Crippen molar-refractivity contribution in [3.05, 3.63) is 60.2 Å². The van der Waals surface area contributed by atoms with Gasteiger partial charge >= 0.3 is 0 Å². The fourth-order valence-corrected chi connectivity index (χ4v) is 5.33. The van der Waals surface area contributed by atoms with E-state index in [0.717, 1.165) is 63.2 Å². The molecule has 184 valence electrons. The molecule has 0 atom stereocenters. The SMILES string of the molecule is CN1CCN(C2CCC(n3nc(-c4ccc(Oc5ccccc5)cc4)c(C(N)=O)c3N)CC2)CC1. The quantitative estimate of drug-likeness (QED) is 0.564. The third-order valence-electron chi connectivity index (χ3n) is 7.37. The maximum absolute atomic E-state index is 12.4. The van der Waals surface area contributed by atoms with Crippen LogP contribution in [0.15, 0.2) is 54.6 Å². The number of hydrogen-bond donors (Lipinski definition) is 2. The number of benzene rings is 2. The summed E-state index contributed by atoms with van der Waals surface area (Å²) in [5.74, 6) is 1.27. The van der Waals surface area contributed by atoms with E-state index in [1.54, 1.807) is 0 Å². The number of rotatable bonds is 6. The fraction of sp³-hybridized carbons (Fsp3) is 0.407. The number of aromatic nitrogens is 2. The van der Waals surface area contributed by atoms with Crippen LogP contribution in [0.4, 0.5) is 5.82 Å². The third kappa shape index (κ3) is 5.04. The van der Waals surface area contributed by atoms with Crippen molar-refractivity contribution in [3.8, 4) is 22.8 Å². The molecule has 1 saturated carbocycles. The number of hydrogen-bond acceptors (Lipinski definition) is 6. The molecule has 0 spiro atoms. The summed E-state index contributed by atoms with van der Waals surface area (Å²) in [6, 6.07) is 17.9. The third-order valence-corrected chi connectivity index (χ3v) is 7.37. The minimum absolute atomic E-state index is 0.172. The van der Waals surface area contributed by atoms with Crippen LogP contribution in [0.1, 0.15) is 42.1 Å². The molecule has 4 N–H and O–H groups in total. The van der Waals surface area contributed by atoms with Crippen LogP contribution >= 0.6 is 0 Å². The number of ether oxygens (including phenoxy) is 1. The Bertz CT molecular complexity index is 1140. The number of primary amides is 1. The second-order valence-electron chi connectivity index (χ2n) is 9.66. The number of para-hydroxylation sites is 1. The van der Waals surface area contributed by atoms with Crippen molar-refractivity contribution >= 4 is 11.7 Å². The van der Waals surface area contributed by atoms with Crippen molar-refractivity contribution in [2.24, 2.45) is 5.73 Å². The molecule has 35 heavy (non-hydrogen) atoms. The van der Waals surface area contributed by atoms with Gasteiger partial charge in [-0.05, 0) is 69.1 Å². The van der Waals surface area contributed by atoms with Crippen LogP contribution in [0.2, 0.25) is 0 Å². The summed E-state index contributed by atoms with van der Waals surface area (Å²) in [6.45, 7) is 4.53. The molecule has 2 fully saturated rings. The van der Waals surface area contributed by atoms with Gasteiger partial charge in [0, 0.05) is 37.8 Å². The zero-order valence-corrected chi connectivity index (χ0v) is 20.3. The lowest BCUT2D eigenvalue weighted by atomic mass is 9.90. The van der Waals surface area contributed by atoms with Gasteiger partial charge in [-0.1, -0.05) is 18.2 Å². The van der Waals surface area contributed by atoms with Gasteiger partial charge < -0.3 is 21.1 Å². The van der Waals surface area contributed by atoms with E-state index < -0.39 is 5.91 Å². The van der Waals surface area contributed by atoms with Gasteiger partial charge in [0.25, 0.3) is 5.91 Å². The Morgan fingerprint density at radius 2 is 1.49 bits per heavy atom. The van der Waals surface area contributed by atoms with Gasteiger partial charge in [0.15, 0.2) is 0 Å². The number of anilines is 1.